The summed E-state index contributed by atoms with van der Waals surface area (Å²) in [7, 11) is 0. The predicted molar refractivity (Wildman–Crippen MR) is 69.3 cm³/mol. The van der Waals surface area contributed by atoms with Gasteiger partial charge in [0, 0.05) is 12.6 Å². The SMILES string of the molecule is CCCC(C)NCCOc1c(F)cccc1Cl. The zero-order valence-electron chi connectivity index (χ0n) is 10.3. The lowest BCUT2D eigenvalue weighted by atomic mass is 10.2. The van der Waals surface area contributed by atoms with Crippen LogP contribution in [0.1, 0.15) is 26.7 Å². The highest BCUT2D eigenvalue weighted by Gasteiger charge is 2.07. The number of nitrogens with one attached hydrogen (secondary N) is 1. The van der Waals surface area contributed by atoms with E-state index in [0.717, 1.165) is 12.8 Å². The van der Waals surface area contributed by atoms with Gasteiger partial charge in [-0.1, -0.05) is 31.0 Å². The van der Waals surface area contributed by atoms with E-state index in [0.29, 0.717) is 24.2 Å². The van der Waals surface area contributed by atoms with Crippen molar-refractivity contribution in [1.82, 2.24) is 5.32 Å². The average Bonchev–Trinajstić information content (AvgIpc) is 2.28. The van der Waals surface area contributed by atoms with Gasteiger partial charge in [-0.3, -0.25) is 0 Å². The van der Waals surface area contributed by atoms with E-state index in [2.05, 4.69) is 19.2 Å². The number of hydrogen-bond acceptors (Lipinski definition) is 2. The lowest BCUT2D eigenvalue weighted by Gasteiger charge is -2.13. The molecule has 1 unspecified atom stereocenters. The molecular formula is C13H19ClFNO. The average molecular weight is 260 g/mol. The monoisotopic (exact) mass is 259 g/mol. The van der Waals surface area contributed by atoms with Crippen molar-refractivity contribution in [2.24, 2.45) is 0 Å². The molecule has 17 heavy (non-hydrogen) atoms. The van der Waals surface area contributed by atoms with Crippen LogP contribution in [0.25, 0.3) is 0 Å². The molecule has 0 bridgehead atoms. The first-order valence-electron chi connectivity index (χ1n) is 5.95. The maximum Gasteiger partial charge on any atom is 0.173 e. The molecule has 0 spiro atoms. The molecule has 1 rings (SSSR count). The number of rotatable bonds is 7. The number of hydrogen-bond donors (Lipinski definition) is 1. The molecular weight excluding hydrogens is 241 g/mol. The Bertz CT molecular complexity index is 326. The van der Waals surface area contributed by atoms with Crippen LogP contribution in [0.15, 0.2) is 18.2 Å². The van der Waals surface area contributed by atoms with Gasteiger partial charge in [-0.05, 0) is 25.5 Å². The summed E-state index contributed by atoms with van der Waals surface area (Å²) in [6, 6.07) is 4.98. The van der Waals surface area contributed by atoms with Gasteiger partial charge in [0.1, 0.15) is 6.61 Å². The molecule has 0 aliphatic carbocycles. The fraction of sp³-hybridized carbons (Fsp3) is 0.538. The van der Waals surface area contributed by atoms with E-state index in [1.807, 2.05) is 0 Å². The fourth-order valence-electron chi connectivity index (χ4n) is 1.61. The van der Waals surface area contributed by atoms with Crippen LogP contribution in [0.3, 0.4) is 0 Å². The molecule has 1 aromatic carbocycles. The molecule has 2 nitrogen and oxygen atoms in total. The molecule has 1 N–H and O–H groups in total. The van der Waals surface area contributed by atoms with Crippen molar-refractivity contribution in [3.63, 3.8) is 0 Å². The summed E-state index contributed by atoms with van der Waals surface area (Å²) in [6.07, 6.45) is 2.27. The Labute approximate surface area is 107 Å². The standard InChI is InChI=1S/C13H19ClFNO/c1-3-5-10(2)16-8-9-17-13-11(14)6-4-7-12(13)15/h4,6-7,10,16H,3,5,8-9H2,1-2H3. The maximum absolute atomic E-state index is 13.3. The first kappa shape index (κ1) is 14.3. The molecule has 0 radical (unpaired) electrons. The quantitative estimate of drug-likeness (QED) is 0.755. The van der Waals surface area contributed by atoms with Gasteiger partial charge in [-0.15, -0.1) is 0 Å². The number of ether oxygens (including phenoxy) is 1. The highest BCUT2D eigenvalue weighted by molar-refractivity contribution is 6.32. The van der Waals surface area contributed by atoms with Crippen molar-refractivity contribution in [3.8, 4) is 5.75 Å². The Balaban J connectivity index is 2.31. The number of para-hydroxylation sites is 1. The predicted octanol–water partition coefficient (Wildman–Crippen LogP) is 3.64. The molecule has 1 atom stereocenters. The first-order chi connectivity index (χ1) is 8.15. The van der Waals surface area contributed by atoms with Crippen LogP contribution in [-0.2, 0) is 0 Å². The van der Waals surface area contributed by atoms with E-state index < -0.39 is 5.82 Å². The molecule has 96 valence electrons. The molecule has 0 aliphatic heterocycles. The Hall–Kier alpha value is -0.800. The van der Waals surface area contributed by atoms with Crippen LogP contribution in [0.5, 0.6) is 5.75 Å². The second-order valence-corrected chi connectivity index (χ2v) is 4.45. The smallest absolute Gasteiger partial charge is 0.173 e. The summed E-state index contributed by atoms with van der Waals surface area (Å²) < 4.78 is 18.7. The largest absolute Gasteiger partial charge is 0.488 e. The number of halogens is 2. The third-order valence-electron chi connectivity index (χ3n) is 2.48. The van der Waals surface area contributed by atoms with Crippen molar-refractivity contribution >= 4 is 11.6 Å². The Morgan fingerprint density at radius 2 is 2.24 bits per heavy atom. The normalized spacial score (nSPS) is 12.5. The van der Waals surface area contributed by atoms with E-state index in [4.69, 9.17) is 16.3 Å². The van der Waals surface area contributed by atoms with Crippen LogP contribution < -0.4 is 10.1 Å². The van der Waals surface area contributed by atoms with Crippen molar-refractivity contribution < 1.29 is 9.13 Å². The summed E-state index contributed by atoms with van der Waals surface area (Å²) >= 11 is 5.84. The fourth-order valence-corrected chi connectivity index (χ4v) is 1.83. The van der Waals surface area contributed by atoms with E-state index in [-0.39, 0.29) is 5.75 Å². The van der Waals surface area contributed by atoms with Gasteiger partial charge in [0.2, 0.25) is 0 Å². The zero-order chi connectivity index (χ0) is 12.7. The second-order valence-electron chi connectivity index (χ2n) is 4.04. The van der Waals surface area contributed by atoms with Crippen molar-refractivity contribution in [1.29, 1.82) is 0 Å². The van der Waals surface area contributed by atoms with E-state index in [9.17, 15) is 4.39 Å². The summed E-state index contributed by atoms with van der Waals surface area (Å²) in [4.78, 5) is 0. The Kier molecular flexibility index (Phi) is 6.30. The first-order valence-corrected chi connectivity index (χ1v) is 6.33. The molecule has 0 saturated heterocycles. The molecule has 1 aromatic rings. The molecule has 0 aliphatic rings. The Morgan fingerprint density at radius 3 is 2.88 bits per heavy atom. The molecule has 0 fully saturated rings. The zero-order valence-corrected chi connectivity index (χ0v) is 11.1. The Morgan fingerprint density at radius 1 is 1.47 bits per heavy atom. The minimum absolute atomic E-state index is 0.138. The molecule has 0 heterocycles. The van der Waals surface area contributed by atoms with E-state index in [1.54, 1.807) is 12.1 Å². The minimum Gasteiger partial charge on any atom is -0.488 e. The van der Waals surface area contributed by atoms with Crippen molar-refractivity contribution in [3.05, 3.63) is 29.0 Å². The van der Waals surface area contributed by atoms with Gasteiger partial charge in [-0.25, -0.2) is 4.39 Å². The van der Waals surface area contributed by atoms with Crippen LogP contribution in [-0.4, -0.2) is 19.2 Å². The summed E-state index contributed by atoms with van der Waals surface area (Å²) in [5, 5.41) is 3.61. The van der Waals surface area contributed by atoms with Gasteiger partial charge in [0.05, 0.1) is 5.02 Å². The summed E-state index contributed by atoms with van der Waals surface area (Å²) in [6.45, 7) is 5.37. The summed E-state index contributed by atoms with van der Waals surface area (Å²) in [5.41, 5.74) is 0. The van der Waals surface area contributed by atoms with Gasteiger partial charge in [0.15, 0.2) is 11.6 Å². The lowest BCUT2D eigenvalue weighted by molar-refractivity contribution is 0.291. The van der Waals surface area contributed by atoms with E-state index >= 15 is 0 Å². The molecule has 0 amide bonds. The van der Waals surface area contributed by atoms with Crippen molar-refractivity contribution in [2.45, 2.75) is 32.7 Å². The lowest BCUT2D eigenvalue weighted by Crippen LogP contribution is -2.30. The van der Waals surface area contributed by atoms with Gasteiger partial charge >= 0.3 is 0 Å². The highest BCUT2D eigenvalue weighted by atomic mass is 35.5. The molecule has 0 aromatic heterocycles. The number of benzene rings is 1. The maximum atomic E-state index is 13.3. The van der Waals surface area contributed by atoms with Gasteiger partial charge < -0.3 is 10.1 Å². The highest BCUT2D eigenvalue weighted by Crippen LogP contribution is 2.26. The molecule has 4 heteroatoms. The van der Waals surface area contributed by atoms with Crippen molar-refractivity contribution in [2.75, 3.05) is 13.2 Å². The van der Waals surface area contributed by atoms with Crippen LogP contribution in [0, 0.1) is 5.82 Å². The third-order valence-corrected chi connectivity index (χ3v) is 2.78. The van der Waals surface area contributed by atoms with Gasteiger partial charge in [-0.2, -0.15) is 0 Å². The topological polar surface area (TPSA) is 21.3 Å². The second kappa shape index (κ2) is 7.51. The summed E-state index contributed by atoms with van der Waals surface area (Å²) in [5.74, 6) is -0.279. The van der Waals surface area contributed by atoms with Crippen LogP contribution >= 0.6 is 11.6 Å². The van der Waals surface area contributed by atoms with E-state index in [1.165, 1.54) is 6.07 Å². The molecule has 0 saturated carbocycles. The third kappa shape index (κ3) is 4.92. The van der Waals surface area contributed by atoms with Gasteiger partial charge in [0.25, 0.3) is 0 Å². The minimum atomic E-state index is -0.417. The van der Waals surface area contributed by atoms with Crippen LogP contribution in [0.2, 0.25) is 5.02 Å². The van der Waals surface area contributed by atoms with Crippen LogP contribution in [0.4, 0.5) is 4.39 Å².